The van der Waals surface area contributed by atoms with Crippen molar-refractivity contribution in [1.82, 2.24) is 10.2 Å². The van der Waals surface area contributed by atoms with E-state index in [0.29, 0.717) is 12.0 Å². The minimum absolute atomic E-state index is 0.273. The van der Waals surface area contributed by atoms with E-state index < -0.39 is 0 Å². The highest BCUT2D eigenvalue weighted by molar-refractivity contribution is 5.50. The molecule has 1 aromatic rings. The summed E-state index contributed by atoms with van der Waals surface area (Å²) in [5.74, 6) is 2.67. The Morgan fingerprint density at radius 3 is 2.95 bits per heavy atom. The van der Waals surface area contributed by atoms with E-state index in [0.717, 1.165) is 31.0 Å². The zero-order chi connectivity index (χ0) is 15.0. The molecule has 3 rings (SSSR count). The van der Waals surface area contributed by atoms with Crippen LogP contribution in [0.5, 0.6) is 11.5 Å². The van der Waals surface area contributed by atoms with Gasteiger partial charge in [-0.05, 0) is 58.6 Å². The number of methoxy groups -OCH3 is 1. The first kappa shape index (κ1) is 14.7. The maximum atomic E-state index is 5.95. The van der Waals surface area contributed by atoms with Crippen molar-refractivity contribution >= 4 is 0 Å². The van der Waals surface area contributed by atoms with Crippen LogP contribution in [0.1, 0.15) is 30.5 Å². The SMILES string of the molecule is CNCC1CCN(C)C1c1cc2c(cc1OC)CC(C)O2. The van der Waals surface area contributed by atoms with Crippen LogP contribution in [0.25, 0.3) is 0 Å². The van der Waals surface area contributed by atoms with Crippen molar-refractivity contribution in [2.24, 2.45) is 5.92 Å². The minimum atomic E-state index is 0.273. The van der Waals surface area contributed by atoms with Gasteiger partial charge in [0, 0.05) is 23.6 Å². The molecule has 3 unspecified atom stereocenters. The van der Waals surface area contributed by atoms with Crippen LogP contribution >= 0.6 is 0 Å². The number of fused-ring (bicyclic) bond motifs is 1. The molecular weight excluding hydrogens is 264 g/mol. The lowest BCUT2D eigenvalue weighted by molar-refractivity contribution is 0.249. The minimum Gasteiger partial charge on any atom is -0.496 e. The molecule has 4 nitrogen and oxygen atoms in total. The van der Waals surface area contributed by atoms with Crippen LogP contribution in [0.3, 0.4) is 0 Å². The molecule has 4 heteroatoms. The lowest BCUT2D eigenvalue weighted by Crippen LogP contribution is -2.27. The fraction of sp³-hybridized carbons (Fsp3) is 0.647. The molecule has 1 N–H and O–H groups in total. The van der Waals surface area contributed by atoms with Crippen LogP contribution in [0.2, 0.25) is 0 Å². The number of nitrogens with zero attached hydrogens (tertiary/aromatic N) is 1. The molecule has 1 saturated heterocycles. The maximum Gasteiger partial charge on any atom is 0.124 e. The average Bonchev–Trinajstić information content (AvgIpc) is 2.99. The molecule has 0 saturated carbocycles. The zero-order valence-electron chi connectivity index (χ0n) is 13.5. The van der Waals surface area contributed by atoms with E-state index in [9.17, 15) is 0 Å². The van der Waals surface area contributed by atoms with Gasteiger partial charge in [0.2, 0.25) is 0 Å². The van der Waals surface area contributed by atoms with Gasteiger partial charge in [0.25, 0.3) is 0 Å². The second kappa shape index (κ2) is 5.85. The number of hydrogen-bond acceptors (Lipinski definition) is 4. The quantitative estimate of drug-likeness (QED) is 0.922. The Hall–Kier alpha value is -1.26. The Labute approximate surface area is 127 Å². The Morgan fingerprint density at radius 2 is 2.24 bits per heavy atom. The predicted molar refractivity (Wildman–Crippen MR) is 84.2 cm³/mol. The van der Waals surface area contributed by atoms with E-state index in [2.05, 4.69) is 36.3 Å². The van der Waals surface area contributed by atoms with Gasteiger partial charge in [-0.3, -0.25) is 4.90 Å². The van der Waals surface area contributed by atoms with Crippen molar-refractivity contribution in [3.63, 3.8) is 0 Å². The molecule has 3 atom stereocenters. The number of ether oxygens (including phenoxy) is 2. The van der Waals surface area contributed by atoms with Crippen LogP contribution in [-0.4, -0.2) is 45.3 Å². The zero-order valence-corrected chi connectivity index (χ0v) is 13.5. The second-order valence-corrected chi connectivity index (χ2v) is 6.37. The van der Waals surface area contributed by atoms with Crippen molar-refractivity contribution in [2.45, 2.75) is 31.9 Å². The van der Waals surface area contributed by atoms with Gasteiger partial charge in [-0.2, -0.15) is 0 Å². The summed E-state index contributed by atoms with van der Waals surface area (Å²) in [5.41, 5.74) is 2.54. The van der Waals surface area contributed by atoms with Gasteiger partial charge in [-0.1, -0.05) is 0 Å². The monoisotopic (exact) mass is 290 g/mol. The van der Waals surface area contributed by atoms with Crippen LogP contribution in [0.4, 0.5) is 0 Å². The largest absolute Gasteiger partial charge is 0.496 e. The standard InChI is InChI=1S/C17H26N2O2/c1-11-7-13-8-16(20-4)14(9-15(13)21-11)17-12(10-18-2)5-6-19(17)3/h8-9,11-12,17-18H,5-7,10H2,1-4H3. The van der Waals surface area contributed by atoms with Crippen LogP contribution in [0, 0.1) is 5.92 Å². The molecule has 21 heavy (non-hydrogen) atoms. The predicted octanol–water partition coefficient (Wildman–Crippen LogP) is 2.23. The van der Waals surface area contributed by atoms with E-state index in [1.54, 1.807) is 7.11 Å². The molecular formula is C17H26N2O2. The topological polar surface area (TPSA) is 33.7 Å². The molecule has 0 amide bonds. The lowest BCUT2D eigenvalue weighted by Gasteiger charge is -2.27. The van der Waals surface area contributed by atoms with Gasteiger partial charge in [0.15, 0.2) is 0 Å². The van der Waals surface area contributed by atoms with Crippen molar-refractivity contribution in [3.05, 3.63) is 23.3 Å². The first-order valence-corrected chi connectivity index (χ1v) is 7.86. The smallest absolute Gasteiger partial charge is 0.124 e. The molecule has 1 aromatic carbocycles. The van der Waals surface area contributed by atoms with Gasteiger partial charge in [0.1, 0.15) is 17.6 Å². The van der Waals surface area contributed by atoms with E-state index in [-0.39, 0.29) is 6.10 Å². The Bertz CT molecular complexity index is 516. The molecule has 2 aliphatic rings. The number of benzene rings is 1. The molecule has 2 heterocycles. The van der Waals surface area contributed by atoms with Crippen molar-refractivity contribution in [2.75, 3.05) is 34.3 Å². The summed E-state index contributed by atoms with van der Waals surface area (Å²) in [6.07, 6.45) is 2.47. The van der Waals surface area contributed by atoms with Gasteiger partial charge in [0.05, 0.1) is 7.11 Å². The average molecular weight is 290 g/mol. The molecule has 0 aromatic heterocycles. The highest BCUT2D eigenvalue weighted by Crippen LogP contribution is 2.44. The summed E-state index contributed by atoms with van der Waals surface area (Å²) in [6, 6.07) is 4.79. The first-order chi connectivity index (χ1) is 10.1. The molecule has 1 fully saturated rings. The second-order valence-electron chi connectivity index (χ2n) is 6.37. The number of rotatable bonds is 4. The number of likely N-dealkylation sites (tertiary alicyclic amines) is 1. The maximum absolute atomic E-state index is 5.95. The van der Waals surface area contributed by atoms with Crippen LogP contribution in [-0.2, 0) is 6.42 Å². The van der Waals surface area contributed by atoms with E-state index in [1.807, 2.05) is 7.05 Å². The first-order valence-electron chi connectivity index (χ1n) is 7.86. The van der Waals surface area contributed by atoms with Crippen molar-refractivity contribution in [3.8, 4) is 11.5 Å². The molecule has 0 aliphatic carbocycles. The molecule has 2 aliphatic heterocycles. The Balaban J connectivity index is 1.98. The van der Waals surface area contributed by atoms with Gasteiger partial charge in [-0.15, -0.1) is 0 Å². The molecule has 0 radical (unpaired) electrons. The third kappa shape index (κ3) is 2.62. The van der Waals surface area contributed by atoms with Crippen molar-refractivity contribution in [1.29, 1.82) is 0 Å². The van der Waals surface area contributed by atoms with E-state index in [4.69, 9.17) is 9.47 Å². The summed E-state index contributed by atoms with van der Waals surface area (Å²) < 4.78 is 11.6. The number of nitrogens with one attached hydrogen (secondary N) is 1. The Kier molecular flexibility index (Phi) is 4.09. The third-order valence-corrected chi connectivity index (χ3v) is 4.81. The van der Waals surface area contributed by atoms with Crippen LogP contribution < -0.4 is 14.8 Å². The van der Waals surface area contributed by atoms with Gasteiger partial charge >= 0.3 is 0 Å². The molecule has 0 bridgehead atoms. The van der Waals surface area contributed by atoms with Crippen molar-refractivity contribution < 1.29 is 9.47 Å². The Morgan fingerprint density at radius 1 is 1.43 bits per heavy atom. The summed E-state index contributed by atoms with van der Waals surface area (Å²) >= 11 is 0. The summed E-state index contributed by atoms with van der Waals surface area (Å²) in [4.78, 5) is 2.44. The highest BCUT2D eigenvalue weighted by atomic mass is 16.5. The summed E-state index contributed by atoms with van der Waals surface area (Å²) in [7, 11) is 6.00. The van der Waals surface area contributed by atoms with Crippen LogP contribution in [0.15, 0.2) is 12.1 Å². The highest BCUT2D eigenvalue weighted by Gasteiger charge is 2.35. The molecule has 116 valence electrons. The van der Waals surface area contributed by atoms with E-state index >= 15 is 0 Å². The summed E-state index contributed by atoms with van der Waals surface area (Å²) in [6.45, 7) is 4.29. The van der Waals surface area contributed by atoms with Gasteiger partial charge < -0.3 is 14.8 Å². The number of hydrogen-bond donors (Lipinski definition) is 1. The fourth-order valence-corrected chi connectivity index (χ4v) is 3.86. The lowest BCUT2D eigenvalue weighted by atomic mass is 9.91. The normalized spacial score (nSPS) is 28.5. The summed E-state index contributed by atoms with van der Waals surface area (Å²) in [5, 5.41) is 3.33. The fourth-order valence-electron chi connectivity index (χ4n) is 3.86. The van der Waals surface area contributed by atoms with E-state index in [1.165, 1.54) is 17.5 Å². The van der Waals surface area contributed by atoms with Gasteiger partial charge in [-0.25, -0.2) is 0 Å². The third-order valence-electron chi connectivity index (χ3n) is 4.81. The molecule has 0 spiro atoms.